The van der Waals surface area contributed by atoms with Gasteiger partial charge in [-0.2, -0.15) is 0 Å². The van der Waals surface area contributed by atoms with E-state index in [4.69, 9.17) is 16.3 Å². The van der Waals surface area contributed by atoms with Crippen molar-refractivity contribution in [2.75, 3.05) is 19.8 Å². The van der Waals surface area contributed by atoms with Crippen molar-refractivity contribution >= 4 is 11.6 Å². The van der Waals surface area contributed by atoms with Crippen molar-refractivity contribution in [3.63, 3.8) is 0 Å². The summed E-state index contributed by atoms with van der Waals surface area (Å²) in [6, 6.07) is 8.40. The van der Waals surface area contributed by atoms with Crippen LogP contribution in [0.2, 0.25) is 5.02 Å². The van der Waals surface area contributed by atoms with Gasteiger partial charge >= 0.3 is 0 Å². The molecule has 0 amide bonds. The number of halogens is 1. The first-order valence-corrected chi connectivity index (χ1v) is 6.15. The van der Waals surface area contributed by atoms with Gasteiger partial charge in [-0.05, 0) is 44.5 Å². The van der Waals surface area contributed by atoms with E-state index in [1.165, 1.54) is 5.56 Å². The van der Waals surface area contributed by atoms with Gasteiger partial charge in [0.15, 0.2) is 0 Å². The Hall–Kier alpha value is -0.570. The highest BCUT2D eigenvalue weighted by molar-refractivity contribution is 6.30. The van der Waals surface area contributed by atoms with Gasteiger partial charge in [-0.25, -0.2) is 0 Å². The van der Waals surface area contributed by atoms with Gasteiger partial charge in [0, 0.05) is 17.7 Å². The summed E-state index contributed by atoms with van der Waals surface area (Å²) in [6.07, 6.45) is 0.997. The molecule has 0 saturated carbocycles. The molecule has 0 aliphatic heterocycles. The van der Waals surface area contributed by atoms with Crippen molar-refractivity contribution in [2.24, 2.45) is 0 Å². The third-order valence-electron chi connectivity index (χ3n) is 2.37. The predicted molar refractivity (Wildman–Crippen MR) is 69.1 cm³/mol. The Balaban J connectivity index is 2.20. The van der Waals surface area contributed by atoms with Crippen LogP contribution < -0.4 is 5.32 Å². The van der Waals surface area contributed by atoms with Crippen molar-refractivity contribution in [1.29, 1.82) is 0 Å². The van der Waals surface area contributed by atoms with Crippen LogP contribution in [0.3, 0.4) is 0 Å². The van der Waals surface area contributed by atoms with Crippen LogP contribution in [0.5, 0.6) is 0 Å². The fourth-order valence-corrected chi connectivity index (χ4v) is 1.72. The summed E-state index contributed by atoms with van der Waals surface area (Å²) in [5, 5.41) is 4.22. The first-order valence-electron chi connectivity index (χ1n) is 5.78. The molecule has 90 valence electrons. The summed E-state index contributed by atoms with van der Waals surface area (Å²) in [5.74, 6) is 0. The molecule has 0 spiro atoms. The van der Waals surface area contributed by atoms with E-state index >= 15 is 0 Å². The van der Waals surface area contributed by atoms with E-state index < -0.39 is 0 Å². The average Bonchev–Trinajstić information content (AvgIpc) is 2.26. The van der Waals surface area contributed by atoms with Crippen molar-refractivity contribution in [3.8, 4) is 0 Å². The maximum absolute atomic E-state index is 5.91. The second kappa shape index (κ2) is 7.66. The Kier molecular flexibility index (Phi) is 6.46. The van der Waals surface area contributed by atoms with Crippen LogP contribution >= 0.6 is 11.6 Å². The van der Waals surface area contributed by atoms with Crippen molar-refractivity contribution in [3.05, 3.63) is 34.9 Å². The van der Waals surface area contributed by atoms with E-state index in [-0.39, 0.29) is 0 Å². The number of hydrogen-bond acceptors (Lipinski definition) is 2. The van der Waals surface area contributed by atoms with Crippen LogP contribution in [0.1, 0.15) is 19.4 Å². The lowest BCUT2D eigenvalue weighted by molar-refractivity contribution is 0.127. The van der Waals surface area contributed by atoms with Gasteiger partial charge in [0.2, 0.25) is 0 Å². The van der Waals surface area contributed by atoms with E-state index in [1.807, 2.05) is 25.1 Å². The molecule has 0 saturated heterocycles. The molecule has 0 heterocycles. The van der Waals surface area contributed by atoms with Gasteiger partial charge in [0.05, 0.1) is 6.61 Å². The van der Waals surface area contributed by atoms with Gasteiger partial charge in [0.25, 0.3) is 0 Å². The molecule has 3 heteroatoms. The molecule has 0 aliphatic carbocycles. The Morgan fingerprint density at radius 1 is 1.44 bits per heavy atom. The minimum Gasteiger partial charge on any atom is -0.380 e. The van der Waals surface area contributed by atoms with E-state index in [0.29, 0.717) is 6.04 Å². The van der Waals surface area contributed by atoms with E-state index in [2.05, 4.69) is 18.3 Å². The number of benzene rings is 1. The molecular weight excluding hydrogens is 222 g/mol. The number of ether oxygens (including phenoxy) is 1. The lowest BCUT2D eigenvalue weighted by Gasteiger charge is -2.13. The van der Waals surface area contributed by atoms with Crippen LogP contribution in [0.4, 0.5) is 0 Å². The quantitative estimate of drug-likeness (QED) is 0.793. The van der Waals surface area contributed by atoms with Gasteiger partial charge in [-0.3, -0.25) is 0 Å². The average molecular weight is 242 g/mol. The molecule has 0 aromatic heterocycles. The number of nitrogens with one attached hydrogen (secondary N) is 1. The van der Waals surface area contributed by atoms with Gasteiger partial charge < -0.3 is 10.1 Å². The first kappa shape index (κ1) is 13.5. The normalized spacial score (nSPS) is 12.7. The molecular formula is C13H20ClNO. The molecule has 2 nitrogen and oxygen atoms in total. The largest absolute Gasteiger partial charge is 0.380 e. The molecule has 1 unspecified atom stereocenters. The Morgan fingerprint density at radius 2 is 2.25 bits per heavy atom. The third-order valence-corrected chi connectivity index (χ3v) is 2.60. The summed E-state index contributed by atoms with van der Waals surface area (Å²) in [5.41, 5.74) is 1.27. The molecule has 0 bridgehead atoms. The maximum Gasteiger partial charge on any atom is 0.0616 e. The van der Waals surface area contributed by atoms with Crippen LogP contribution in [-0.2, 0) is 11.2 Å². The van der Waals surface area contributed by atoms with Crippen molar-refractivity contribution in [1.82, 2.24) is 5.32 Å². The highest BCUT2D eigenvalue weighted by atomic mass is 35.5. The highest BCUT2D eigenvalue weighted by Gasteiger charge is 2.00. The Labute approximate surface area is 103 Å². The topological polar surface area (TPSA) is 21.3 Å². The Bertz CT molecular complexity index is 304. The van der Waals surface area contributed by atoms with Gasteiger partial charge in [-0.1, -0.05) is 23.7 Å². The lowest BCUT2D eigenvalue weighted by Crippen LogP contribution is -2.32. The predicted octanol–water partition coefficient (Wildman–Crippen LogP) is 2.90. The molecule has 1 aromatic carbocycles. The van der Waals surface area contributed by atoms with Crippen LogP contribution in [-0.4, -0.2) is 25.8 Å². The van der Waals surface area contributed by atoms with Gasteiger partial charge in [0.1, 0.15) is 0 Å². The third kappa shape index (κ3) is 5.50. The van der Waals surface area contributed by atoms with Crippen LogP contribution in [0.25, 0.3) is 0 Å². The van der Waals surface area contributed by atoms with E-state index in [9.17, 15) is 0 Å². The fourth-order valence-electron chi connectivity index (χ4n) is 1.51. The first-order chi connectivity index (χ1) is 7.72. The zero-order valence-electron chi connectivity index (χ0n) is 10.0. The van der Waals surface area contributed by atoms with Crippen LogP contribution in [0, 0.1) is 0 Å². The summed E-state index contributed by atoms with van der Waals surface area (Å²) < 4.78 is 5.33. The van der Waals surface area contributed by atoms with Crippen molar-refractivity contribution < 1.29 is 4.74 Å². The SMILES string of the molecule is CCOCC(C)NCCc1cccc(Cl)c1. The maximum atomic E-state index is 5.91. The highest BCUT2D eigenvalue weighted by Crippen LogP contribution is 2.10. The minimum absolute atomic E-state index is 0.402. The van der Waals surface area contributed by atoms with Crippen molar-refractivity contribution in [2.45, 2.75) is 26.3 Å². The molecule has 1 aromatic rings. The molecule has 1 rings (SSSR count). The van der Waals surface area contributed by atoms with Crippen LogP contribution in [0.15, 0.2) is 24.3 Å². The second-order valence-electron chi connectivity index (χ2n) is 3.89. The minimum atomic E-state index is 0.402. The molecule has 1 N–H and O–H groups in total. The molecule has 16 heavy (non-hydrogen) atoms. The van der Waals surface area contributed by atoms with E-state index in [1.54, 1.807) is 0 Å². The fraction of sp³-hybridized carbons (Fsp3) is 0.538. The molecule has 1 atom stereocenters. The summed E-state index contributed by atoms with van der Waals surface area (Å²) >= 11 is 5.91. The smallest absolute Gasteiger partial charge is 0.0616 e. The van der Waals surface area contributed by atoms with Gasteiger partial charge in [-0.15, -0.1) is 0 Å². The molecule has 0 fully saturated rings. The Morgan fingerprint density at radius 3 is 2.94 bits per heavy atom. The lowest BCUT2D eigenvalue weighted by atomic mass is 10.1. The molecule has 0 aliphatic rings. The zero-order chi connectivity index (χ0) is 11.8. The molecule has 0 radical (unpaired) electrons. The zero-order valence-corrected chi connectivity index (χ0v) is 10.8. The monoisotopic (exact) mass is 241 g/mol. The van der Waals surface area contributed by atoms with E-state index in [0.717, 1.165) is 31.2 Å². The number of hydrogen-bond donors (Lipinski definition) is 1. The summed E-state index contributed by atoms with van der Waals surface area (Å²) in [4.78, 5) is 0. The standard InChI is InChI=1S/C13H20ClNO/c1-3-16-10-11(2)15-8-7-12-5-4-6-13(14)9-12/h4-6,9,11,15H,3,7-8,10H2,1-2H3. The summed E-state index contributed by atoms with van der Waals surface area (Å²) in [6.45, 7) is 6.65. The second-order valence-corrected chi connectivity index (χ2v) is 4.33. The summed E-state index contributed by atoms with van der Waals surface area (Å²) in [7, 11) is 0. The number of rotatable bonds is 7.